The number of hydrogen-bond donors (Lipinski definition) is 2. The highest BCUT2D eigenvalue weighted by Crippen LogP contribution is 2.28. The molecule has 1 aliphatic rings. The number of guanidine groups is 1. The quantitative estimate of drug-likeness (QED) is 0.195. The minimum Gasteiger partial charge on any atom is -0.493 e. The van der Waals surface area contributed by atoms with Gasteiger partial charge in [-0.05, 0) is 63.3 Å². The van der Waals surface area contributed by atoms with E-state index in [1.165, 1.54) is 50.9 Å². The van der Waals surface area contributed by atoms with Crippen LogP contribution in [0.4, 0.5) is 0 Å². The van der Waals surface area contributed by atoms with Crippen molar-refractivity contribution in [1.82, 2.24) is 15.5 Å². The Morgan fingerprint density at radius 1 is 1.17 bits per heavy atom. The molecule has 1 fully saturated rings. The number of unbranched alkanes of at least 4 members (excludes halogenated alkanes) is 1. The summed E-state index contributed by atoms with van der Waals surface area (Å²) in [4.78, 5) is 6.99. The summed E-state index contributed by atoms with van der Waals surface area (Å²) >= 11 is 0. The van der Waals surface area contributed by atoms with Gasteiger partial charge in [-0.3, -0.25) is 4.99 Å². The number of aryl methyl sites for hydroxylation is 1. The Labute approximate surface area is 200 Å². The lowest BCUT2D eigenvalue weighted by atomic mass is 10.0. The van der Waals surface area contributed by atoms with E-state index >= 15 is 0 Å². The molecule has 0 aliphatic carbocycles. The topological polar surface area (TPSA) is 58.1 Å². The van der Waals surface area contributed by atoms with Gasteiger partial charge in [-0.1, -0.05) is 19.4 Å². The second-order valence-corrected chi connectivity index (χ2v) is 7.63. The maximum Gasteiger partial charge on any atom is 0.191 e. The summed E-state index contributed by atoms with van der Waals surface area (Å²) in [6.07, 6.45) is 6.99. The third-order valence-electron chi connectivity index (χ3n) is 5.44. The molecule has 1 saturated heterocycles. The van der Waals surface area contributed by atoms with Crippen molar-refractivity contribution >= 4 is 29.9 Å². The molecule has 30 heavy (non-hydrogen) atoms. The number of likely N-dealkylation sites (tertiary alicyclic amines) is 1. The van der Waals surface area contributed by atoms with Gasteiger partial charge >= 0.3 is 0 Å². The number of rotatable bonds is 11. The van der Waals surface area contributed by atoms with E-state index < -0.39 is 0 Å². The van der Waals surface area contributed by atoms with Crippen LogP contribution in [0.15, 0.2) is 23.2 Å². The molecule has 0 spiro atoms. The molecule has 6 nitrogen and oxygen atoms in total. The summed E-state index contributed by atoms with van der Waals surface area (Å²) in [5, 5.41) is 7.06. The van der Waals surface area contributed by atoms with Crippen LogP contribution in [0, 0.1) is 0 Å². The Hall–Kier alpha value is -1.22. The van der Waals surface area contributed by atoms with Crippen LogP contribution in [0.25, 0.3) is 0 Å². The molecular weight excluding hydrogens is 491 g/mol. The number of halogens is 1. The smallest absolute Gasteiger partial charge is 0.191 e. The fourth-order valence-corrected chi connectivity index (χ4v) is 3.71. The molecule has 2 rings (SSSR count). The van der Waals surface area contributed by atoms with Crippen molar-refractivity contribution in [3.63, 3.8) is 0 Å². The van der Waals surface area contributed by atoms with Gasteiger partial charge < -0.3 is 25.0 Å². The van der Waals surface area contributed by atoms with Crippen LogP contribution in [-0.4, -0.2) is 63.8 Å². The van der Waals surface area contributed by atoms with Gasteiger partial charge in [0.1, 0.15) is 0 Å². The normalized spacial score (nSPS) is 15.4. The van der Waals surface area contributed by atoms with Crippen molar-refractivity contribution < 1.29 is 9.47 Å². The first-order chi connectivity index (χ1) is 14.2. The number of nitrogens with one attached hydrogen (secondary N) is 2. The van der Waals surface area contributed by atoms with Gasteiger partial charge in [-0.15, -0.1) is 24.0 Å². The largest absolute Gasteiger partial charge is 0.493 e. The Kier molecular flexibility index (Phi) is 13.9. The zero-order chi connectivity index (χ0) is 20.9. The zero-order valence-electron chi connectivity index (χ0n) is 19.2. The SMILES string of the molecule is CCCCN1CCC(NC(=NC)NCCCc2ccc(OC)c(OCC)c2)CC1.I. The second kappa shape index (κ2) is 15.6. The molecule has 0 saturated carbocycles. The summed E-state index contributed by atoms with van der Waals surface area (Å²) in [5.41, 5.74) is 1.26. The summed E-state index contributed by atoms with van der Waals surface area (Å²) < 4.78 is 11.0. The van der Waals surface area contributed by atoms with Crippen LogP contribution in [0.1, 0.15) is 51.5 Å². The first-order valence-corrected chi connectivity index (χ1v) is 11.2. The van der Waals surface area contributed by atoms with Crippen molar-refractivity contribution in [1.29, 1.82) is 0 Å². The second-order valence-electron chi connectivity index (χ2n) is 7.63. The lowest BCUT2D eigenvalue weighted by Crippen LogP contribution is -2.48. The molecule has 1 aliphatic heterocycles. The Morgan fingerprint density at radius 2 is 1.93 bits per heavy atom. The van der Waals surface area contributed by atoms with Gasteiger partial charge in [-0.2, -0.15) is 0 Å². The van der Waals surface area contributed by atoms with E-state index in [2.05, 4.69) is 39.6 Å². The third kappa shape index (κ3) is 9.29. The van der Waals surface area contributed by atoms with E-state index in [1.54, 1.807) is 7.11 Å². The van der Waals surface area contributed by atoms with Gasteiger partial charge in [0.2, 0.25) is 0 Å². The Balaban J connectivity index is 0.00000450. The number of nitrogens with zero attached hydrogens (tertiary/aromatic N) is 2. The minimum absolute atomic E-state index is 0. The summed E-state index contributed by atoms with van der Waals surface area (Å²) in [7, 11) is 3.53. The van der Waals surface area contributed by atoms with Crippen molar-refractivity contribution in [2.24, 2.45) is 4.99 Å². The molecule has 0 bridgehead atoms. The molecule has 7 heteroatoms. The molecule has 0 aromatic heterocycles. The highest BCUT2D eigenvalue weighted by Gasteiger charge is 2.19. The fourth-order valence-electron chi connectivity index (χ4n) is 3.71. The van der Waals surface area contributed by atoms with Crippen LogP contribution in [0.3, 0.4) is 0 Å². The van der Waals surface area contributed by atoms with Crippen molar-refractivity contribution in [3.8, 4) is 11.5 Å². The third-order valence-corrected chi connectivity index (χ3v) is 5.44. The molecule has 1 aromatic rings. The lowest BCUT2D eigenvalue weighted by molar-refractivity contribution is 0.203. The Bertz CT molecular complexity index is 619. The van der Waals surface area contributed by atoms with E-state index in [1.807, 2.05) is 20.0 Å². The number of piperidine rings is 1. The summed E-state index contributed by atoms with van der Waals surface area (Å²) in [5.74, 6) is 2.53. The monoisotopic (exact) mass is 532 g/mol. The van der Waals surface area contributed by atoms with E-state index in [9.17, 15) is 0 Å². The number of hydrogen-bond acceptors (Lipinski definition) is 4. The lowest BCUT2D eigenvalue weighted by Gasteiger charge is -2.33. The zero-order valence-corrected chi connectivity index (χ0v) is 21.5. The number of methoxy groups -OCH3 is 1. The molecule has 0 atom stereocenters. The van der Waals surface area contributed by atoms with E-state index in [0.29, 0.717) is 12.6 Å². The van der Waals surface area contributed by atoms with Gasteiger partial charge in [0.25, 0.3) is 0 Å². The number of aliphatic imine (C=N–C) groups is 1. The highest BCUT2D eigenvalue weighted by atomic mass is 127. The first-order valence-electron chi connectivity index (χ1n) is 11.2. The van der Waals surface area contributed by atoms with E-state index in [-0.39, 0.29) is 24.0 Å². The van der Waals surface area contributed by atoms with Crippen molar-refractivity contribution in [2.45, 2.75) is 58.4 Å². The predicted molar refractivity (Wildman–Crippen MR) is 137 cm³/mol. The number of benzene rings is 1. The molecule has 172 valence electrons. The summed E-state index contributed by atoms with van der Waals surface area (Å²) in [6, 6.07) is 6.71. The fraction of sp³-hybridized carbons (Fsp3) is 0.696. The molecule has 2 N–H and O–H groups in total. The maximum absolute atomic E-state index is 5.67. The average Bonchev–Trinajstić information content (AvgIpc) is 2.75. The molecule has 0 unspecified atom stereocenters. The van der Waals surface area contributed by atoms with E-state index in [0.717, 1.165) is 36.8 Å². The highest BCUT2D eigenvalue weighted by molar-refractivity contribution is 14.0. The first kappa shape index (κ1) is 26.8. The Morgan fingerprint density at radius 3 is 2.57 bits per heavy atom. The molecule has 1 aromatic carbocycles. The molecule has 1 heterocycles. The van der Waals surface area contributed by atoms with Crippen LogP contribution < -0.4 is 20.1 Å². The van der Waals surface area contributed by atoms with E-state index in [4.69, 9.17) is 9.47 Å². The predicted octanol–water partition coefficient (Wildman–Crippen LogP) is 4.07. The minimum atomic E-state index is 0. The van der Waals surface area contributed by atoms with Crippen molar-refractivity contribution in [2.75, 3.05) is 46.9 Å². The van der Waals surface area contributed by atoms with Gasteiger partial charge in [-0.25, -0.2) is 0 Å². The van der Waals surface area contributed by atoms with Crippen molar-refractivity contribution in [3.05, 3.63) is 23.8 Å². The van der Waals surface area contributed by atoms with Crippen LogP contribution in [0.5, 0.6) is 11.5 Å². The van der Waals surface area contributed by atoms with Gasteiger partial charge in [0.15, 0.2) is 17.5 Å². The maximum atomic E-state index is 5.67. The van der Waals surface area contributed by atoms with Gasteiger partial charge in [0, 0.05) is 32.7 Å². The summed E-state index contributed by atoms with van der Waals surface area (Å²) in [6.45, 7) is 9.40. The average molecular weight is 533 g/mol. The molecule has 0 radical (unpaired) electrons. The van der Waals surface area contributed by atoms with Crippen LogP contribution in [-0.2, 0) is 6.42 Å². The van der Waals surface area contributed by atoms with Crippen LogP contribution in [0.2, 0.25) is 0 Å². The van der Waals surface area contributed by atoms with Crippen LogP contribution >= 0.6 is 24.0 Å². The van der Waals surface area contributed by atoms with Gasteiger partial charge in [0.05, 0.1) is 13.7 Å². The molecule has 0 amide bonds. The standard InChI is InChI=1S/C23H40N4O2.HI/c1-5-7-15-27-16-12-20(13-17-27)26-23(24-3)25-14-8-9-19-10-11-21(28-4)22(18-19)29-6-2;/h10-11,18,20H,5-9,12-17H2,1-4H3,(H2,24,25,26);1H. The molecular formula is C23H41IN4O2. The number of ether oxygens (including phenoxy) is 2.